The number of methoxy groups -OCH3 is 1. The van der Waals surface area contributed by atoms with Gasteiger partial charge in [0.25, 0.3) is 0 Å². The number of fused-ring (bicyclic) bond motifs is 1. The number of carbonyl (C=O) groups excluding carboxylic acids is 1. The first kappa shape index (κ1) is 22.5. The van der Waals surface area contributed by atoms with E-state index >= 15 is 0 Å². The molecule has 0 saturated carbocycles. The molecule has 1 N–H and O–H groups in total. The number of hydrogen-bond acceptors (Lipinski definition) is 6. The fourth-order valence-corrected chi connectivity index (χ4v) is 3.35. The third kappa shape index (κ3) is 5.71. The van der Waals surface area contributed by atoms with Crippen LogP contribution in [0.25, 0.3) is 16.9 Å². The van der Waals surface area contributed by atoms with Crippen LogP contribution in [0.15, 0.2) is 36.7 Å². The highest BCUT2D eigenvalue weighted by atomic mass is 16.5. The Bertz CT molecular complexity index is 1020. The van der Waals surface area contributed by atoms with Crippen LogP contribution in [0.2, 0.25) is 0 Å². The second-order valence-corrected chi connectivity index (χ2v) is 8.74. The number of hydrogen-bond donors (Lipinski definition) is 1. The predicted molar refractivity (Wildman–Crippen MR) is 122 cm³/mol. The van der Waals surface area contributed by atoms with E-state index in [4.69, 9.17) is 4.74 Å². The average molecular weight is 425 g/mol. The Balaban J connectivity index is 0.000000196. The minimum Gasteiger partial charge on any atom is -0.481 e. The Morgan fingerprint density at radius 3 is 2.65 bits per heavy atom. The van der Waals surface area contributed by atoms with Crippen molar-refractivity contribution in [2.75, 3.05) is 32.6 Å². The van der Waals surface area contributed by atoms with Crippen molar-refractivity contribution in [1.29, 1.82) is 0 Å². The normalized spacial score (nSPS) is 13.8. The first-order chi connectivity index (χ1) is 14.8. The molecule has 3 aromatic rings. The van der Waals surface area contributed by atoms with Crippen molar-refractivity contribution in [3.63, 3.8) is 0 Å². The van der Waals surface area contributed by atoms with Crippen LogP contribution in [-0.2, 0) is 4.79 Å². The number of amides is 1. The Morgan fingerprint density at radius 1 is 1.19 bits per heavy atom. The average Bonchev–Trinajstić information content (AvgIpc) is 3.37. The molecule has 4 rings (SSSR count). The number of pyridine rings is 1. The molecule has 1 saturated heterocycles. The molecule has 0 atom stereocenters. The summed E-state index contributed by atoms with van der Waals surface area (Å²) in [4.78, 5) is 21.7. The van der Waals surface area contributed by atoms with Gasteiger partial charge >= 0.3 is 0 Å². The van der Waals surface area contributed by atoms with Crippen LogP contribution < -0.4 is 10.1 Å². The Hall–Kier alpha value is -3.16. The van der Waals surface area contributed by atoms with Gasteiger partial charge in [0.05, 0.1) is 24.6 Å². The number of nitrogens with zero attached hydrogens (tertiary/aromatic N) is 5. The maximum atomic E-state index is 11.2. The van der Waals surface area contributed by atoms with Gasteiger partial charge in [-0.3, -0.25) is 4.79 Å². The zero-order chi connectivity index (χ0) is 22.4. The van der Waals surface area contributed by atoms with Crippen LogP contribution in [0.5, 0.6) is 5.88 Å². The lowest BCUT2D eigenvalue weighted by molar-refractivity contribution is -0.127. The molecule has 0 spiro atoms. The highest BCUT2D eigenvalue weighted by Gasteiger charge is 2.21. The van der Waals surface area contributed by atoms with Crippen LogP contribution in [0, 0.1) is 5.41 Å². The van der Waals surface area contributed by atoms with Crippen molar-refractivity contribution in [2.45, 2.75) is 40.0 Å². The summed E-state index contributed by atoms with van der Waals surface area (Å²) in [5.74, 6) is 1.68. The van der Waals surface area contributed by atoms with E-state index in [0.29, 0.717) is 17.2 Å². The highest BCUT2D eigenvalue weighted by molar-refractivity contribution is 5.78. The third-order valence-electron chi connectivity index (χ3n) is 5.16. The van der Waals surface area contributed by atoms with Gasteiger partial charge in [0.1, 0.15) is 5.82 Å². The smallest absolute Gasteiger partial charge is 0.222 e. The molecular weight excluding hydrogens is 392 g/mol. The van der Waals surface area contributed by atoms with E-state index in [0.717, 1.165) is 55.1 Å². The zero-order valence-corrected chi connectivity index (χ0v) is 19.1. The first-order valence-corrected chi connectivity index (χ1v) is 10.6. The van der Waals surface area contributed by atoms with Gasteiger partial charge in [0, 0.05) is 32.8 Å². The molecule has 0 radical (unpaired) electrons. The van der Waals surface area contributed by atoms with Crippen molar-refractivity contribution in [1.82, 2.24) is 24.5 Å². The molecule has 1 aliphatic heterocycles. The second kappa shape index (κ2) is 9.76. The molecule has 1 fully saturated rings. The fourth-order valence-electron chi connectivity index (χ4n) is 3.35. The standard InChI is InChI=1S/C13H13N5O.C10H19NO/c1-14-11-5-6-12-16-8-10(18(12)17-11)9-4-3-7-15-13(9)19-2;1-10(2,3)6-8-11-7-4-5-9(11)12/h3-8H,1-2H3,(H,14,17);4-8H2,1-3H3. The fraction of sp³-hybridized carbons (Fsp3) is 0.478. The van der Waals surface area contributed by atoms with Gasteiger partial charge in [-0.25, -0.2) is 14.5 Å². The first-order valence-electron chi connectivity index (χ1n) is 10.6. The number of nitrogens with one attached hydrogen (secondary N) is 1. The summed E-state index contributed by atoms with van der Waals surface area (Å²) in [6, 6.07) is 7.58. The SMILES string of the molecule is CC(C)(C)CCN1CCCC1=O.CNc1ccc2ncc(-c3cccnc3OC)n2n1. The van der Waals surface area contributed by atoms with Crippen molar-refractivity contribution < 1.29 is 9.53 Å². The maximum absolute atomic E-state index is 11.2. The Morgan fingerprint density at radius 2 is 2.00 bits per heavy atom. The van der Waals surface area contributed by atoms with Gasteiger partial charge in [0.15, 0.2) is 5.65 Å². The van der Waals surface area contributed by atoms with Crippen molar-refractivity contribution in [3.8, 4) is 17.1 Å². The lowest BCUT2D eigenvalue weighted by Gasteiger charge is -2.22. The largest absolute Gasteiger partial charge is 0.481 e. The van der Waals surface area contributed by atoms with Gasteiger partial charge in [-0.1, -0.05) is 20.8 Å². The Kier molecular flexibility index (Phi) is 7.09. The number of anilines is 1. The Labute approximate surface area is 183 Å². The summed E-state index contributed by atoms with van der Waals surface area (Å²) < 4.78 is 7.05. The zero-order valence-electron chi connectivity index (χ0n) is 19.1. The van der Waals surface area contributed by atoms with E-state index in [1.165, 1.54) is 0 Å². The maximum Gasteiger partial charge on any atom is 0.222 e. The molecule has 8 nitrogen and oxygen atoms in total. The number of ether oxygens (including phenoxy) is 1. The summed E-state index contributed by atoms with van der Waals surface area (Å²) in [7, 11) is 3.43. The van der Waals surface area contributed by atoms with E-state index in [1.807, 2.05) is 36.2 Å². The predicted octanol–water partition coefficient (Wildman–Crippen LogP) is 3.89. The molecule has 1 aliphatic rings. The second-order valence-electron chi connectivity index (χ2n) is 8.74. The van der Waals surface area contributed by atoms with E-state index in [2.05, 4.69) is 41.2 Å². The number of carbonyl (C=O) groups is 1. The van der Waals surface area contributed by atoms with Gasteiger partial charge in [-0.15, -0.1) is 5.10 Å². The van der Waals surface area contributed by atoms with E-state index in [1.54, 1.807) is 24.0 Å². The van der Waals surface area contributed by atoms with Crippen molar-refractivity contribution in [2.24, 2.45) is 5.41 Å². The van der Waals surface area contributed by atoms with E-state index in [9.17, 15) is 4.79 Å². The number of imidazole rings is 1. The van der Waals surface area contributed by atoms with E-state index in [-0.39, 0.29) is 0 Å². The summed E-state index contributed by atoms with van der Waals surface area (Å²) in [5.41, 5.74) is 2.83. The topological polar surface area (TPSA) is 84.7 Å². The molecule has 31 heavy (non-hydrogen) atoms. The molecule has 3 aromatic heterocycles. The quantitative estimate of drug-likeness (QED) is 0.669. The summed E-state index contributed by atoms with van der Waals surface area (Å²) >= 11 is 0. The van der Waals surface area contributed by atoms with E-state index < -0.39 is 0 Å². The van der Waals surface area contributed by atoms with Crippen LogP contribution in [0.4, 0.5) is 5.82 Å². The number of aromatic nitrogens is 4. The molecule has 166 valence electrons. The minimum atomic E-state index is 0.347. The van der Waals surface area contributed by atoms with Gasteiger partial charge in [-0.05, 0) is 42.5 Å². The third-order valence-corrected chi connectivity index (χ3v) is 5.16. The number of likely N-dealkylation sites (tertiary alicyclic amines) is 1. The lowest BCUT2D eigenvalue weighted by atomic mass is 9.92. The van der Waals surface area contributed by atoms with Gasteiger partial charge < -0.3 is 15.0 Å². The van der Waals surface area contributed by atoms with Crippen molar-refractivity contribution >= 4 is 17.4 Å². The van der Waals surface area contributed by atoms with Crippen molar-refractivity contribution in [3.05, 3.63) is 36.7 Å². The molecule has 1 amide bonds. The molecular formula is C23H32N6O2. The molecule has 0 unspecified atom stereocenters. The van der Waals surface area contributed by atoms with Crippen LogP contribution in [0.1, 0.15) is 40.0 Å². The minimum absolute atomic E-state index is 0.347. The van der Waals surface area contributed by atoms with Crippen LogP contribution in [-0.4, -0.2) is 57.6 Å². The molecule has 8 heteroatoms. The summed E-state index contributed by atoms with van der Waals surface area (Å²) in [5, 5.41) is 7.47. The van der Waals surface area contributed by atoms with Crippen LogP contribution >= 0.6 is 0 Å². The monoisotopic (exact) mass is 424 g/mol. The molecule has 4 heterocycles. The lowest BCUT2D eigenvalue weighted by Crippen LogP contribution is -2.28. The van der Waals surface area contributed by atoms with Crippen LogP contribution in [0.3, 0.4) is 0 Å². The molecule has 0 aliphatic carbocycles. The highest BCUT2D eigenvalue weighted by Crippen LogP contribution is 2.27. The molecule has 0 bridgehead atoms. The summed E-state index contributed by atoms with van der Waals surface area (Å²) in [6.07, 6.45) is 6.39. The number of rotatable bonds is 5. The summed E-state index contributed by atoms with van der Waals surface area (Å²) in [6.45, 7) is 8.58. The van der Waals surface area contributed by atoms with Gasteiger partial charge in [0.2, 0.25) is 11.8 Å². The molecule has 0 aromatic carbocycles. The van der Waals surface area contributed by atoms with Gasteiger partial charge in [-0.2, -0.15) is 0 Å².